The van der Waals surface area contributed by atoms with Crippen LogP contribution in [0, 0.1) is 6.92 Å². The number of benzene rings is 2. The fourth-order valence-corrected chi connectivity index (χ4v) is 4.70. The van der Waals surface area contributed by atoms with Crippen LogP contribution in [0.5, 0.6) is 0 Å². The zero-order chi connectivity index (χ0) is 23.4. The summed E-state index contributed by atoms with van der Waals surface area (Å²) in [7, 11) is 0. The molecular weight excluding hydrogens is 438 g/mol. The normalized spacial score (nSPS) is 10.7. The van der Waals surface area contributed by atoms with Crippen LogP contribution in [0.2, 0.25) is 0 Å². The number of hydrogen-bond acceptors (Lipinski definition) is 5. The zero-order valence-electron chi connectivity index (χ0n) is 18.2. The molecule has 168 valence electrons. The number of carbonyl (C=O) groups is 3. The maximum atomic E-state index is 12.9. The van der Waals surface area contributed by atoms with E-state index >= 15 is 0 Å². The zero-order valence-corrected chi connectivity index (χ0v) is 19.0. The van der Waals surface area contributed by atoms with Crippen LogP contribution in [-0.2, 0) is 16.0 Å². The van der Waals surface area contributed by atoms with Crippen molar-refractivity contribution in [2.75, 3.05) is 17.2 Å². The Morgan fingerprint density at radius 3 is 2.48 bits per heavy atom. The monoisotopic (exact) mass is 461 g/mol. The average molecular weight is 462 g/mol. The first-order chi connectivity index (χ1) is 16.0. The van der Waals surface area contributed by atoms with Gasteiger partial charge < -0.3 is 20.4 Å². The maximum absolute atomic E-state index is 12.9. The van der Waals surface area contributed by atoms with Crippen LogP contribution in [0.15, 0.2) is 60.8 Å². The molecule has 4 rings (SSSR count). The number of carbonyl (C=O) groups excluding carboxylic acids is 3. The van der Waals surface area contributed by atoms with Crippen molar-refractivity contribution in [1.82, 2.24) is 4.98 Å². The summed E-state index contributed by atoms with van der Waals surface area (Å²) < 4.78 is 5.19. The maximum Gasteiger partial charge on any atom is 0.341 e. The molecule has 2 aromatic heterocycles. The fraction of sp³-hybridized carbons (Fsp3) is 0.160. The van der Waals surface area contributed by atoms with Gasteiger partial charge in [0, 0.05) is 22.8 Å². The van der Waals surface area contributed by atoms with Crippen LogP contribution < -0.4 is 10.6 Å². The van der Waals surface area contributed by atoms with E-state index in [1.54, 1.807) is 32.2 Å². The lowest BCUT2D eigenvalue weighted by Crippen LogP contribution is -2.16. The van der Waals surface area contributed by atoms with Crippen LogP contribution in [0.25, 0.3) is 10.9 Å². The summed E-state index contributed by atoms with van der Waals surface area (Å²) in [5.74, 6) is -1.22. The van der Waals surface area contributed by atoms with Gasteiger partial charge in [-0.15, -0.1) is 11.3 Å². The molecule has 0 unspecified atom stereocenters. The van der Waals surface area contributed by atoms with Gasteiger partial charge in [-0.3, -0.25) is 9.59 Å². The van der Waals surface area contributed by atoms with Crippen molar-refractivity contribution in [2.24, 2.45) is 0 Å². The lowest BCUT2D eigenvalue weighted by atomic mass is 10.1. The molecule has 0 spiro atoms. The molecule has 4 aromatic rings. The van der Waals surface area contributed by atoms with E-state index in [-0.39, 0.29) is 30.4 Å². The number of nitrogens with one attached hydrogen (secondary N) is 3. The van der Waals surface area contributed by atoms with Crippen LogP contribution in [-0.4, -0.2) is 29.4 Å². The minimum atomic E-state index is -0.576. The summed E-state index contributed by atoms with van der Waals surface area (Å²) in [5, 5.41) is 6.90. The number of thiophene rings is 1. The van der Waals surface area contributed by atoms with Gasteiger partial charge in [-0.25, -0.2) is 4.79 Å². The Morgan fingerprint density at radius 1 is 1.00 bits per heavy atom. The predicted molar refractivity (Wildman–Crippen MR) is 130 cm³/mol. The van der Waals surface area contributed by atoms with Gasteiger partial charge in [0.2, 0.25) is 5.91 Å². The van der Waals surface area contributed by atoms with E-state index in [2.05, 4.69) is 15.6 Å². The van der Waals surface area contributed by atoms with Gasteiger partial charge in [-0.1, -0.05) is 36.4 Å². The number of fused-ring (bicyclic) bond motifs is 1. The molecule has 2 heterocycles. The van der Waals surface area contributed by atoms with Crippen LogP contribution in [0.3, 0.4) is 0 Å². The number of anilines is 2. The van der Waals surface area contributed by atoms with E-state index in [1.165, 1.54) is 0 Å². The number of ether oxygens (including phenoxy) is 1. The number of aromatic nitrogens is 1. The SMILES string of the molecule is CCOC(=O)c1c(NC(=O)Cc2c[nH]c3ccccc23)sc(C(=O)Nc2ccccc2)c1C. The van der Waals surface area contributed by atoms with Gasteiger partial charge in [0.15, 0.2) is 0 Å². The Bertz CT molecular complexity index is 1320. The first-order valence-electron chi connectivity index (χ1n) is 10.5. The van der Waals surface area contributed by atoms with Crippen LogP contribution in [0.4, 0.5) is 10.7 Å². The third-order valence-electron chi connectivity index (χ3n) is 5.14. The van der Waals surface area contributed by atoms with E-state index in [4.69, 9.17) is 4.74 Å². The van der Waals surface area contributed by atoms with Crippen LogP contribution in [0.1, 0.15) is 38.1 Å². The Morgan fingerprint density at radius 2 is 1.73 bits per heavy atom. The molecule has 2 aromatic carbocycles. The number of rotatable bonds is 7. The Kier molecular flexibility index (Phi) is 6.55. The second-order valence-electron chi connectivity index (χ2n) is 7.39. The van der Waals surface area contributed by atoms with Crippen molar-refractivity contribution < 1.29 is 19.1 Å². The molecule has 0 saturated carbocycles. The molecule has 0 atom stereocenters. The minimum absolute atomic E-state index is 0.120. The van der Waals surface area contributed by atoms with Gasteiger partial charge in [0.1, 0.15) is 5.00 Å². The van der Waals surface area contributed by atoms with E-state index < -0.39 is 5.97 Å². The summed E-state index contributed by atoms with van der Waals surface area (Å²) in [5.41, 5.74) is 3.09. The van der Waals surface area contributed by atoms with Gasteiger partial charge in [-0.05, 0) is 43.2 Å². The van der Waals surface area contributed by atoms with E-state index in [1.807, 2.05) is 42.5 Å². The lowest BCUT2D eigenvalue weighted by Gasteiger charge is -2.07. The van der Waals surface area contributed by atoms with Crippen LogP contribution >= 0.6 is 11.3 Å². The average Bonchev–Trinajstić information content (AvgIpc) is 3.35. The topological polar surface area (TPSA) is 100 Å². The largest absolute Gasteiger partial charge is 0.462 e. The van der Waals surface area contributed by atoms with Gasteiger partial charge in [0.05, 0.1) is 23.5 Å². The number of esters is 1. The van der Waals surface area contributed by atoms with E-state index in [0.717, 1.165) is 27.8 Å². The minimum Gasteiger partial charge on any atom is -0.462 e. The van der Waals surface area contributed by atoms with Crippen molar-refractivity contribution in [2.45, 2.75) is 20.3 Å². The molecule has 0 aliphatic carbocycles. The standard InChI is InChI=1S/C25H23N3O4S/c1-3-32-25(31)21-15(2)22(23(30)27-17-9-5-4-6-10-17)33-24(21)28-20(29)13-16-14-26-19-12-8-7-11-18(16)19/h4-12,14,26H,3,13H2,1-2H3,(H,27,30)(H,28,29). The summed E-state index contributed by atoms with van der Waals surface area (Å²) in [4.78, 5) is 41.9. The molecule has 0 bridgehead atoms. The highest BCUT2D eigenvalue weighted by Gasteiger charge is 2.27. The Balaban J connectivity index is 1.60. The predicted octanol–water partition coefficient (Wildman–Crippen LogP) is 5.15. The van der Waals surface area contributed by atoms with Gasteiger partial charge in [0.25, 0.3) is 5.91 Å². The molecule has 8 heteroatoms. The van der Waals surface area contributed by atoms with Crippen molar-refractivity contribution in [3.63, 3.8) is 0 Å². The highest BCUT2D eigenvalue weighted by Crippen LogP contribution is 2.34. The molecular formula is C25H23N3O4S. The summed E-state index contributed by atoms with van der Waals surface area (Å²) in [6, 6.07) is 16.8. The molecule has 0 radical (unpaired) electrons. The molecule has 0 aliphatic heterocycles. The first-order valence-corrected chi connectivity index (χ1v) is 11.3. The van der Waals surface area contributed by atoms with Crippen molar-refractivity contribution in [3.8, 4) is 0 Å². The third-order valence-corrected chi connectivity index (χ3v) is 6.35. The molecule has 7 nitrogen and oxygen atoms in total. The number of para-hydroxylation sites is 2. The first kappa shape index (κ1) is 22.3. The molecule has 3 N–H and O–H groups in total. The molecule has 0 aliphatic rings. The molecule has 0 saturated heterocycles. The van der Waals surface area contributed by atoms with Crippen molar-refractivity contribution in [1.29, 1.82) is 0 Å². The quantitative estimate of drug-likeness (QED) is 0.332. The van der Waals surface area contributed by atoms with Crippen molar-refractivity contribution in [3.05, 3.63) is 82.4 Å². The molecule has 0 fully saturated rings. The van der Waals surface area contributed by atoms with Gasteiger partial charge in [-0.2, -0.15) is 0 Å². The van der Waals surface area contributed by atoms with E-state index in [0.29, 0.717) is 21.1 Å². The number of amides is 2. The lowest BCUT2D eigenvalue weighted by molar-refractivity contribution is -0.115. The summed E-state index contributed by atoms with van der Waals surface area (Å²) >= 11 is 1.06. The van der Waals surface area contributed by atoms with Crippen molar-refractivity contribution >= 4 is 50.7 Å². The smallest absolute Gasteiger partial charge is 0.341 e. The third kappa shape index (κ3) is 4.80. The molecule has 33 heavy (non-hydrogen) atoms. The second kappa shape index (κ2) is 9.70. The summed E-state index contributed by atoms with van der Waals surface area (Å²) in [6.45, 7) is 3.57. The Labute approximate surface area is 194 Å². The number of H-pyrrole nitrogens is 1. The highest BCUT2D eigenvalue weighted by atomic mass is 32.1. The highest BCUT2D eigenvalue weighted by molar-refractivity contribution is 7.19. The Hall–Kier alpha value is -3.91. The number of hydrogen-bond donors (Lipinski definition) is 3. The van der Waals surface area contributed by atoms with Gasteiger partial charge >= 0.3 is 5.97 Å². The summed E-state index contributed by atoms with van der Waals surface area (Å²) in [6.07, 6.45) is 1.92. The molecule has 2 amide bonds. The second-order valence-corrected chi connectivity index (χ2v) is 8.41. The van der Waals surface area contributed by atoms with E-state index in [9.17, 15) is 14.4 Å². The fourth-order valence-electron chi connectivity index (χ4n) is 3.60. The number of aromatic amines is 1.